The van der Waals surface area contributed by atoms with Gasteiger partial charge in [0.2, 0.25) is 0 Å². The Labute approximate surface area is 113 Å². The van der Waals surface area contributed by atoms with Gasteiger partial charge in [-0.15, -0.1) is 0 Å². The van der Waals surface area contributed by atoms with Crippen molar-refractivity contribution in [1.82, 2.24) is 4.90 Å². The van der Waals surface area contributed by atoms with Crippen molar-refractivity contribution < 1.29 is 9.94 Å². The van der Waals surface area contributed by atoms with E-state index in [2.05, 4.69) is 10.1 Å². The number of rotatable bonds is 5. The lowest BCUT2D eigenvalue weighted by atomic mass is 9.96. The summed E-state index contributed by atoms with van der Waals surface area (Å²) in [5.74, 6) is 1.49. The van der Waals surface area contributed by atoms with Crippen LogP contribution in [0.3, 0.4) is 0 Å². The van der Waals surface area contributed by atoms with Crippen molar-refractivity contribution >= 4 is 5.84 Å². The van der Waals surface area contributed by atoms with Gasteiger partial charge in [-0.1, -0.05) is 23.4 Å². The highest BCUT2D eigenvalue weighted by atomic mass is 16.5. The zero-order valence-electron chi connectivity index (χ0n) is 11.0. The average molecular weight is 263 g/mol. The normalized spacial score (nSPS) is 18.4. The summed E-state index contributed by atoms with van der Waals surface area (Å²) < 4.78 is 5.67. The zero-order chi connectivity index (χ0) is 13.5. The predicted molar refractivity (Wildman–Crippen MR) is 74.5 cm³/mol. The van der Waals surface area contributed by atoms with Crippen molar-refractivity contribution in [2.75, 3.05) is 26.2 Å². The van der Waals surface area contributed by atoms with Crippen LogP contribution in [-0.2, 0) is 0 Å². The molecule has 1 fully saturated rings. The molecule has 0 amide bonds. The van der Waals surface area contributed by atoms with Gasteiger partial charge in [0.1, 0.15) is 18.2 Å². The second-order valence-electron chi connectivity index (χ2n) is 4.80. The fourth-order valence-corrected chi connectivity index (χ4v) is 2.34. The van der Waals surface area contributed by atoms with E-state index in [1.807, 2.05) is 30.3 Å². The maximum atomic E-state index is 8.65. The summed E-state index contributed by atoms with van der Waals surface area (Å²) in [7, 11) is 0. The van der Waals surface area contributed by atoms with Crippen LogP contribution in [0.25, 0.3) is 0 Å². The Kier molecular flexibility index (Phi) is 5.03. The van der Waals surface area contributed by atoms with Gasteiger partial charge in [-0.3, -0.25) is 4.90 Å². The Morgan fingerprint density at radius 1 is 1.32 bits per heavy atom. The van der Waals surface area contributed by atoms with Crippen LogP contribution in [0.1, 0.15) is 12.8 Å². The molecule has 5 nitrogen and oxygen atoms in total. The Bertz CT molecular complexity index is 400. The highest BCUT2D eigenvalue weighted by Gasteiger charge is 2.21. The van der Waals surface area contributed by atoms with Gasteiger partial charge in [-0.05, 0) is 38.1 Å². The van der Waals surface area contributed by atoms with Gasteiger partial charge >= 0.3 is 0 Å². The monoisotopic (exact) mass is 263 g/mol. The summed E-state index contributed by atoms with van der Waals surface area (Å²) in [5.41, 5.74) is 5.63. The molecule has 1 saturated heterocycles. The number of ether oxygens (including phenoxy) is 1. The van der Waals surface area contributed by atoms with E-state index in [0.29, 0.717) is 12.4 Å². The maximum Gasteiger partial charge on any atom is 0.142 e. The highest BCUT2D eigenvalue weighted by molar-refractivity contribution is 5.82. The molecular weight excluding hydrogens is 242 g/mol. The molecule has 1 aromatic carbocycles. The quantitative estimate of drug-likeness (QED) is 0.366. The van der Waals surface area contributed by atoms with E-state index in [9.17, 15) is 0 Å². The van der Waals surface area contributed by atoms with Crippen LogP contribution in [-0.4, -0.2) is 42.2 Å². The van der Waals surface area contributed by atoms with Crippen LogP contribution in [0.2, 0.25) is 0 Å². The van der Waals surface area contributed by atoms with Gasteiger partial charge in [0, 0.05) is 12.5 Å². The van der Waals surface area contributed by atoms with Crippen LogP contribution in [0.5, 0.6) is 5.75 Å². The minimum Gasteiger partial charge on any atom is -0.492 e. The van der Waals surface area contributed by atoms with E-state index in [-0.39, 0.29) is 5.92 Å². The summed E-state index contributed by atoms with van der Waals surface area (Å²) in [6.45, 7) is 3.55. The van der Waals surface area contributed by atoms with Gasteiger partial charge in [0.05, 0.1) is 0 Å². The maximum absolute atomic E-state index is 8.65. The molecule has 1 aromatic rings. The van der Waals surface area contributed by atoms with Gasteiger partial charge in [-0.25, -0.2) is 0 Å². The van der Waals surface area contributed by atoms with E-state index >= 15 is 0 Å². The van der Waals surface area contributed by atoms with Gasteiger partial charge in [-0.2, -0.15) is 0 Å². The van der Waals surface area contributed by atoms with Crippen molar-refractivity contribution in [2.45, 2.75) is 12.8 Å². The summed E-state index contributed by atoms with van der Waals surface area (Å²) in [6.07, 6.45) is 1.89. The highest BCUT2D eigenvalue weighted by Crippen LogP contribution is 2.17. The van der Waals surface area contributed by atoms with Crippen molar-refractivity contribution in [3.05, 3.63) is 30.3 Å². The molecule has 0 unspecified atom stereocenters. The summed E-state index contributed by atoms with van der Waals surface area (Å²) in [4.78, 5) is 2.35. The molecule has 1 aliphatic rings. The molecule has 0 bridgehead atoms. The fraction of sp³-hybridized carbons (Fsp3) is 0.500. The molecule has 2 rings (SSSR count). The minimum atomic E-state index is 0.219. The minimum absolute atomic E-state index is 0.219. The summed E-state index contributed by atoms with van der Waals surface area (Å²) >= 11 is 0. The Balaban J connectivity index is 1.66. The van der Waals surface area contributed by atoms with E-state index in [4.69, 9.17) is 15.7 Å². The number of para-hydroxylation sites is 1. The lowest BCUT2D eigenvalue weighted by Gasteiger charge is -2.31. The number of piperidine rings is 1. The van der Waals surface area contributed by atoms with Crippen LogP contribution in [0.4, 0.5) is 0 Å². The summed E-state index contributed by atoms with van der Waals surface area (Å²) in [6, 6.07) is 9.84. The Morgan fingerprint density at radius 3 is 2.63 bits per heavy atom. The molecule has 0 saturated carbocycles. The first kappa shape index (κ1) is 13.7. The second kappa shape index (κ2) is 6.99. The van der Waals surface area contributed by atoms with Crippen LogP contribution >= 0.6 is 0 Å². The number of nitrogens with zero attached hydrogens (tertiary/aromatic N) is 2. The number of hydrogen-bond donors (Lipinski definition) is 2. The predicted octanol–water partition coefficient (Wildman–Crippen LogP) is 1.52. The summed E-state index contributed by atoms with van der Waals surface area (Å²) in [5, 5.41) is 11.7. The molecule has 0 aliphatic carbocycles. The zero-order valence-corrected chi connectivity index (χ0v) is 11.0. The van der Waals surface area contributed by atoms with E-state index in [1.54, 1.807) is 0 Å². The lowest BCUT2D eigenvalue weighted by Crippen LogP contribution is -2.40. The first-order valence-electron chi connectivity index (χ1n) is 6.67. The lowest BCUT2D eigenvalue weighted by molar-refractivity contribution is 0.170. The van der Waals surface area contributed by atoms with Crippen molar-refractivity contribution in [3.8, 4) is 5.75 Å². The van der Waals surface area contributed by atoms with Crippen LogP contribution in [0, 0.1) is 5.92 Å². The van der Waals surface area contributed by atoms with Crippen molar-refractivity contribution in [1.29, 1.82) is 0 Å². The second-order valence-corrected chi connectivity index (χ2v) is 4.80. The van der Waals surface area contributed by atoms with Crippen molar-refractivity contribution in [2.24, 2.45) is 16.8 Å². The number of benzene rings is 1. The first-order valence-corrected chi connectivity index (χ1v) is 6.67. The topological polar surface area (TPSA) is 71.1 Å². The number of amidine groups is 1. The molecule has 5 heteroatoms. The first-order chi connectivity index (χ1) is 9.29. The molecule has 1 aliphatic heterocycles. The smallest absolute Gasteiger partial charge is 0.142 e. The molecule has 3 N–H and O–H groups in total. The molecule has 0 radical (unpaired) electrons. The van der Waals surface area contributed by atoms with Crippen molar-refractivity contribution in [3.63, 3.8) is 0 Å². The molecular formula is C14H21N3O2. The molecule has 19 heavy (non-hydrogen) atoms. The molecule has 0 spiro atoms. The molecule has 0 atom stereocenters. The van der Waals surface area contributed by atoms with Gasteiger partial charge in [0.15, 0.2) is 0 Å². The number of hydrogen-bond acceptors (Lipinski definition) is 4. The third-order valence-electron chi connectivity index (χ3n) is 3.54. The number of likely N-dealkylation sites (tertiary alicyclic amines) is 1. The van der Waals surface area contributed by atoms with Gasteiger partial charge in [0.25, 0.3) is 0 Å². The third kappa shape index (κ3) is 4.13. The molecule has 104 valence electrons. The Morgan fingerprint density at radius 2 is 2.00 bits per heavy atom. The number of oxime groups is 1. The van der Waals surface area contributed by atoms with E-state index in [1.165, 1.54) is 0 Å². The van der Waals surface area contributed by atoms with Crippen LogP contribution < -0.4 is 10.5 Å². The standard InChI is InChI=1S/C14H21N3O2/c15-14(16-18)12-6-8-17(9-7-12)10-11-19-13-4-2-1-3-5-13/h1-5,12,18H,6-11H2,(H2,15,16). The largest absolute Gasteiger partial charge is 0.492 e. The fourth-order valence-electron chi connectivity index (χ4n) is 2.34. The van der Waals surface area contributed by atoms with Gasteiger partial charge < -0.3 is 15.7 Å². The third-order valence-corrected chi connectivity index (χ3v) is 3.54. The van der Waals surface area contributed by atoms with E-state index < -0.39 is 0 Å². The number of nitrogens with two attached hydrogens (primary N) is 1. The SMILES string of the molecule is NC(=NO)C1CCN(CCOc2ccccc2)CC1. The molecule has 1 heterocycles. The average Bonchev–Trinajstić information content (AvgIpc) is 2.48. The van der Waals surface area contributed by atoms with Crippen LogP contribution in [0.15, 0.2) is 35.5 Å². The Hall–Kier alpha value is -1.75. The molecule has 0 aromatic heterocycles. The van der Waals surface area contributed by atoms with E-state index in [0.717, 1.165) is 38.2 Å².